The van der Waals surface area contributed by atoms with Gasteiger partial charge in [0.2, 0.25) is 5.91 Å². The molecule has 1 aromatic heterocycles. The standard InChI is InChI=1S/C16H22N4O2.ClH/c1-11-10-17-7-8-20(11)15(21)4-2-3-12-5-6-13-14(9-12)19-16(22)18-13;/h5-6,9,11,17H,2-4,7-8,10H2,1H3,(H2,18,19,22);1H. The van der Waals surface area contributed by atoms with Crippen LogP contribution in [0.15, 0.2) is 23.0 Å². The molecule has 0 radical (unpaired) electrons. The van der Waals surface area contributed by atoms with Crippen LogP contribution in [0, 0.1) is 0 Å². The van der Waals surface area contributed by atoms with Crippen LogP contribution in [-0.4, -0.2) is 46.5 Å². The molecule has 1 aromatic carbocycles. The van der Waals surface area contributed by atoms with Gasteiger partial charge >= 0.3 is 5.69 Å². The number of benzene rings is 1. The summed E-state index contributed by atoms with van der Waals surface area (Å²) < 4.78 is 0. The first kappa shape index (κ1) is 17.6. The van der Waals surface area contributed by atoms with Crippen molar-refractivity contribution in [1.82, 2.24) is 20.2 Å². The first-order chi connectivity index (χ1) is 10.6. The highest BCUT2D eigenvalue weighted by Crippen LogP contribution is 2.14. The van der Waals surface area contributed by atoms with Gasteiger partial charge in [-0.25, -0.2) is 4.79 Å². The molecule has 1 fully saturated rings. The Morgan fingerprint density at radius 3 is 2.87 bits per heavy atom. The van der Waals surface area contributed by atoms with Crippen LogP contribution in [0.3, 0.4) is 0 Å². The molecular formula is C16H23ClN4O2. The minimum absolute atomic E-state index is 0. The molecule has 1 aliphatic rings. The van der Waals surface area contributed by atoms with Crippen molar-refractivity contribution in [3.63, 3.8) is 0 Å². The molecule has 2 heterocycles. The highest BCUT2D eigenvalue weighted by atomic mass is 35.5. The van der Waals surface area contributed by atoms with E-state index in [2.05, 4.69) is 22.2 Å². The van der Waals surface area contributed by atoms with E-state index in [1.807, 2.05) is 23.1 Å². The number of nitrogens with one attached hydrogen (secondary N) is 3. The van der Waals surface area contributed by atoms with E-state index in [0.29, 0.717) is 6.42 Å². The van der Waals surface area contributed by atoms with Crippen LogP contribution in [0.4, 0.5) is 0 Å². The second kappa shape index (κ2) is 7.66. The van der Waals surface area contributed by atoms with E-state index in [-0.39, 0.29) is 30.0 Å². The number of carbonyl (C=O) groups excluding carboxylic acids is 1. The molecule has 3 rings (SSSR count). The molecule has 1 amide bonds. The third kappa shape index (κ3) is 4.14. The van der Waals surface area contributed by atoms with Crippen molar-refractivity contribution in [3.05, 3.63) is 34.2 Å². The molecule has 1 saturated heterocycles. The number of nitrogens with zero attached hydrogens (tertiary/aromatic N) is 1. The van der Waals surface area contributed by atoms with Gasteiger partial charge in [0.05, 0.1) is 11.0 Å². The highest BCUT2D eigenvalue weighted by molar-refractivity contribution is 5.85. The van der Waals surface area contributed by atoms with Gasteiger partial charge in [-0.3, -0.25) is 4.79 Å². The molecule has 23 heavy (non-hydrogen) atoms. The summed E-state index contributed by atoms with van der Waals surface area (Å²) in [4.78, 5) is 31.0. The summed E-state index contributed by atoms with van der Waals surface area (Å²) in [6, 6.07) is 6.17. The summed E-state index contributed by atoms with van der Waals surface area (Å²) in [6.07, 6.45) is 2.25. The van der Waals surface area contributed by atoms with Crippen LogP contribution in [0.5, 0.6) is 0 Å². The first-order valence-corrected chi connectivity index (χ1v) is 7.84. The smallest absolute Gasteiger partial charge is 0.323 e. The fraction of sp³-hybridized carbons (Fsp3) is 0.500. The Labute approximate surface area is 141 Å². The monoisotopic (exact) mass is 338 g/mol. The number of halogens is 1. The molecule has 1 atom stereocenters. The average Bonchev–Trinajstić information content (AvgIpc) is 2.87. The number of hydrogen-bond donors (Lipinski definition) is 3. The Kier molecular flexibility index (Phi) is 5.85. The average molecular weight is 339 g/mol. The summed E-state index contributed by atoms with van der Waals surface area (Å²) >= 11 is 0. The summed E-state index contributed by atoms with van der Waals surface area (Å²) in [7, 11) is 0. The number of amides is 1. The van der Waals surface area contributed by atoms with Crippen molar-refractivity contribution in [2.75, 3.05) is 19.6 Å². The van der Waals surface area contributed by atoms with Crippen LogP contribution in [-0.2, 0) is 11.2 Å². The van der Waals surface area contributed by atoms with Crippen molar-refractivity contribution in [2.45, 2.75) is 32.2 Å². The third-order valence-electron chi connectivity index (χ3n) is 4.26. The Balaban J connectivity index is 0.00000192. The first-order valence-electron chi connectivity index (χ1n) is 7.84. The molecule has 1 unspecified atom stereocenters. The SMILES string of the molecule is CC1CNCCN1C(=O)CCCc1ccc2[nH]c(=O)[nH]c2c1.Cl. The number of rotatable bonds is 4. The molecule has 3 N–H and O–H groups in total. The Bertz CT molecular complexity index is 724. The second-order valence-corrected chi connectivity index (χ2v) is 5.95. The van der Waals surface area contributed by atoms with Gasteiger partial charge in [-0.05, 0) is 37.5 Å². The normalized spacial score (nSPS) is 18.0. The Hall–Kier alpha value is -1.79. The fourth-order valence-electron chi connectivity index (χ4n) is 3.03. The number of carbonyl (C=O) groups is 1. The van der Waals surface area contributed by atoms with E-state index in [4.69, 9.17) is 0 Å². The van der Waals surface area contributed by atoms with E-state index in [1.165, 1.54) is 0 Å². The zero-order valence-corrected chi connectivity index (χ0v) is 14.0. The molecule has 2 aromatic rings. The number of fused-ring (bicyclic) bond motifs is 1. The predicted molar refractivity (Wildman–Crippen MR) is 93.2 cm³/mol. The van der Waals surface area contributed by atoms with Crippen LogP contribution in [0.1, 0.15) is 25.3 Å². The lowest BCUT2D eigenvalue weighted by atomic mass is 10.1. The maximum absolute atomic E-state index is 12.3. The van der Waals surface area contributed by atoms with E-state index in [1.54, 1.807) is 0 Å². The zero-order chi connectivity index (χ0) is 15.5. The van der Waals surface area contributed by atoms with Crippen LogP contribution < -0.4 is 11.0 Å². The number of piperazine rings is 1. The third-order valence-corrected chi connectivity index (χ3v) is 4.26. The lowest BCUT2D eigenvalue weighted by Crippen LogP contribution is -2.52. The lowest BCUT2D eigenvalue weighted by molar-refractivity contribution is -0.134. The number of H-pyrrole nitrogens is 2. The molecule has 7 heteroatoms. The van der Waals surface area contributed by atoms with E-state index in [9.17, 15) is 9.59 Å². The van der Waals surface area contributed by atoms with Crippen molar-refractivity contribution < 1.29 is 4.79 Å². The van der Waals surface area contributed by atoms with Gasteiger partial charge in [0, 0.05) is 32.1 Å². The molecule has 0 saturated carbocycles. The number of aromatic nitrogens is 2. The van der Waals surface area contributed by atoms with Gasteiger partial charge in [-0.2, -0.15) is 0 Å². The quantitative estimate of drug-likeness (QED) is 0.788. The molecule has 0 spiro atoms. The predicted octanol–water partition coefficient (Wildman–Crippen LogP) is 1.42. The molecule has 0 aliphatic carbocycles. The second-order valence-electron chi connectivity index (χ2n) is 5.95. The van der Waals surface area contributed by atoms with Crippen LogP contribution >= 0.6 is 12.4 Å². The maximum atomic E-state index is 12.3. The van der Waals surface area contributed by atoms with Crippen molar-refractivity contribution in [2.24, 2.45) is 0 Å². The maximum Gasteiger partial charge on any atom is 0.323 e. The van der Waals surface area contributed by atoms with Crippen molar-refractivity contribution in [3.8, 4) is 0 Å². The van der Waals surface area contributed by atoms with E-state index < -0.39 is 0 Å². The molecule has 1 aliphatic heterocycles. The van der Waals surface area contributed by atoms with Crippen molar-refractivity contribution in [1.29, 1.82) is 0 Å². The van der Waals surface area contributed by atoms with E-state index in [0.717, 1.165) is 49.1 Å². The summed E-state index contributed by atoms with van der Waals surface area (Å²) in [5, 5.41) is 3.29. The molecule has 0 bridgehead atoms. The van der Waals surface area contributed by atoms with Crippen molar-refractivity contribution >= 4 is 29.3 Å². The van der Waals surface area contributed by atoms with Gasteiger partial charge < -0.3 is 20.2 Å². The van der Waals surface area contributed by atoms with E-state index >= 15 is 0 Å². The molecular weight excluding hydrogens is 316 g/mol. The summed E-state index contributed by atoms with van der Waals surface area (Å²) in [6.45, 7) is 4.65. The lowest BCUT2D eigenvalue weighted by Gasteiger charge is -2.34. The minimum Gasteiger partial charge on any atom is -0.337 e. The Morgan fingerprint density at radius 2 is 2.09 bits per heavy atom. The molecule has 6 nitrogen and oxygen atoms in total. The van der Waals surface area contributed by atoms with Gasteiger partial charge in [0.1, 0.15) is 0 Å². The van der Waals surface area contributed by atoms with Gasteiger partial charge in [-0.15, -0.1) is 12.4 Å². The summed E-state index contributed by atoms with van der Waals surface area (Å²) in [5.74, 6) is 0.241. The number of aromatic amines is 2. The fourth-order valence-corrected chi connectivity index (χ4v) is 3.03. The number of aryl methyl sites for hydroxylation is 1. The summed E-state index contributed by atoms with van der Waals surface area (Å²) in [5.41, 5.74) is 2.60. The minimum atomic E-state index is -0.185. The van der Waals surface area contributed by atoms with Gasteiger partial charge in [0.15, 0.2) is 0 Å². The largest absolute Gasteiger partial charge is 0.337 e. The number of imidazole rings is 1. The van der Waals surface area contributed by atoms with Crippen LogP contribution in [0.2, 0.25) is 0 Å². The van der Waals surface area contributed by atoms with Gasteiger partial charge in [0.25, 0.3) is 0 Å². The molecule has 126 valence electrons. The number of hydrogen-bond acceptors (Lipinski definition) is 3. The Morgan fingerprint density at radius 1 is 1.30 bits per heavy atom. The zero-order valence-electron chi connectivity index (χ0n) is 13.2. The van der Waals surface area contributed by atoms with Crippen LogP contribution in [0.25, 0.3) is 11.0 Å². The topological polar surface area (TPSA) is 81.0 Å². The highest BCUT2D eigenvalue weighted by Gasteiger charge is 2.22. The van der Waals surface area contributed by atoms with Gasteiger partial charge in [-0.1, -0.05) is 6.07 Å².